The Balaban J connectivity index is 1.59. The van der Waals surface area contributed by atoms with Gasteiger partial charge >= 0.3 is 15.5 Å². The normalized spacial score (nSPS) is 16.2. The summed E-state index contributed by atoms with van der Waals surface area (Å²) in [6.07, 6.45) is 8.76. The number of oxazole rings is 1. The van der Waals surface area contributed by atoms with E-state index in [2.05, 4.69) is 17.2 Å². The monoisotopic (exact) mass is 604 g/mol. The minimum atomic E-state index is -5.80. The maximum Gasteiger partial charge on any atom is 0.516 e. The van der Waals surface area contributed by atoms with Gasteiger partial charge in [0.25, 0.3) is 5.91 Å². The van der Waals surface area contributed by atoms with Gasteiger partial charge in [0.1, 0.15) is 12.1 Å². The number of aryl methyl sites for hydroxylation is 1. The number of likely N-dealkylation sites (tertiary alicyclic amines) is 1. The van der Waals surface area contributed by atoms with Crippen LogP contribution in [0.4, 0.5) is 17.6 Å². The van der Waals surface area contributed by atoms with Crippen molar-refractivity contribution in [1.82, 2.24) is 19.9 Å². The molecule has 41 heavy (non-hydrogen) atoms. The number of unbranched alkanes of at least 4 members (excludes halogenated alkanes) is 5. The molecule has 3 rings (SSSR count). The first-order valence-corrected chi connectivity index (χ1v) is 15.3. The summed E-state index contributed by atoms with van der Waals surface area (Å²) >= 11 is 0. The van der Waals surface area contributed by atoms with Gasteiger partial charge in [0.2, 0.25) is 11.8 Å². The summed E-state index contributed by atoms with van der Waals surface area (Å²) < 4.78 is 80.8. The summed E-state index contributed by atoms with van der Waals surface area (Å²) in [6.45, 7) is 3.55. The van der Waals surface area contributed by atoms with Crippen LogP contribution in [0.3, 0.4) is 0 Å². The number of aromatic nitrogens is 1. The maximum atomic E-state index is 14.1. The van der Waals surface area contributed by atoms with Crippen molar-refractivity contribution < 1.29 is 40.0 Å². The number of carbonyl (C=O) groups is 2. The summed E-state index contributed by atoms with van der Waals surface area (Å²) in [4.78, 5) is 30.8. The maximum absolute atomic E-state index is 14.1. The predicted molar refractivity (Wildman–Crippen MR) is 142 cm³/mol. The van der Waals surface area contributed by atoms with Crippen LogP contribution in [0.25, 0.3) is 0 Å². The minimum absolute atomic E-state index is 0.102. The molecule has 1 fully saturated rings. The molecule has 228 valence electrons. The first kappa shape index (κ1) is 32.5. The zero-order valence-corrected chi connectivity index (χ0v) is 23.8. The number of benzene rings is 1. The highest BCUT2D eigenvalue weighted by Crippen LogP contribution is 2.33. The molecule has 0 radical (unpaired) electrons. The van der Waals surface area contributed by atoms with Crippen molar-refractivity contribution in [1.29, 1.82) is 0 Å². The van der Waals surface area contributed by atoms with E-state index in [9.17, 15) is 35.6 Å². The highest BCUT2D eigenvalue weighted by molar-refractivity contribution is 7.90. The van der Waals surface area contributed by atoms with Crippen molar-refractivity contribution in [2.45, 2.75) is 89.2 Å². The molecule has 2 N–H and O–H groups in total. The third-order valence-electron chi connectivity index (χ3n) is 6.94. The summed E-state index contributed by atoms with van der Waals surface area (Å²) in [5, 5.41) is 2.85. The molecule has 0 bridgehead atoms. The predicted octanol–water partition coefficient (Wildman–Crippen LogP) is 5.14. The SMILES string of the molecule is CCCCCCCCNC(=O)c1coc(C2CCCN2Cc2cc(F)ccc2CCC(=O)NS(=O)(=O)C(F)(F)F)n1. The molecule has 2 amide bonds. The number of hydrogen-bond donors (Lipinski definition) is 2. The summed E-state index contributed by atoms with van der Waals surface area (Å²) in [6, 6.07) is 3.56. The van der Waals surface area contributed by atoms with Crippen LogP contribution in [0.2, 0.25) is 0 Å². The largest absolute Gasteiger partial charge is 0.516 e. The number of rotatable bonds is 15. The smallest absolute Gasteiger partial charge is 0.446 e. The Morgan fingerprint density at radius 1 is 1.12 bits per heavy atom. The lowest BCUT2D eigenvalue weighted by atomic mass is 10.0. The van der Waals surface area contributed by atoms with Crippen LogP contribution in [0, 0.1) is 5.82 Å². The summed E-state index contributed by atoms with van der Waals surface area (Å²) in [7, 11) is -5.80. The molecular formula is C27H36F4N4O5S. The van der Waals surface area contributed by atoms with Crippen LogP contribution in [0.15, 0.2) is 28.9 Å². The van der Waals surface area contributed by atoms with Gasteiger partial charge in [0.05, 0.1) is 6.04 Å². The summed E-state index contributed by atoms with van der Waals surface area (Å²) in [5.41, 5.74) is -4.46. The van der Waals surface area contributed by atoms with Crippen molar-refractivity contribution >= 4 is 21.8 Å². The van der Waals surface area contributed by atoms with Gasteiger partial charge in [-0.15, -0.1) is 0 Å². The van der Waals surface area contributed by atoms with E-state index in [1.54, 1.807) is 0 Å². The number of alkyl halides is 3. The number of carbonyl (C=O) groups excluding carboxylic acids is 2. The molecule has 1 aromatic carbocycles. The number of nitrogens with zero attached hydrogens (tertiary/aromatic N) is 2. The zero-order valence-electron chi connectivity index (χ0n) is 22.9. The fraction of sp³-hybridized carbons (Fsp3) is 0.593. The van der Waals surface area contributed by atoms with Crippen molar-refractivity contribution in [2.24, 2.45) is 0 Å². The lowest BCUT2D eigenvalue weighted by Crippen LogP contribution is -2.40. The standard InChI is InChI=1S/C27H36F4N4O5S/c1-2-3-4-5-6-7-14-32-25(37)22-18-40-26(33-22)23-9-8-15-35(23)17-20-16-21(28)12-10-19(20)11-13-24(36)34-41(38,39)27(29,30)31/h10,12,16,18,23H,2-9,11,13-15,17H2,1H3,(H,32,37)(H,34,36). The third kappa shape index (κ3) is 9.52. The average Bonchev–Trinajstić information content (AvgIpc) is 3.56. The molecule has 0 aliphatic carbocycles. The lowest BCUT2D eigenvalue weighted by Gasteiger charge is -2.23. The van der Waals surface area contributed by atoms with Gasteiger partial charge in [0, 0.05) is 19.5 Å². The molecule has 14 heteroatoms. The molecule has 1 aliphatic heterocycles. The Morgan fingerprint density at radius 2 is 1.85 bits per heavy atom. The molecular weight excluding hydrogens is 568 g/mol. The van der Waals surface area contributed by atoms with Crippen LogP contribution >= 0.6 is 0 Å². The van der Waals surface area contributed by atoms with E-state index in [1.807, 2.05) is 4.90 Å². The Bertz CT molecular complexity index is 1280. The molecule has 1 aliphatic rings. The van der Waals surface area contributed by atoms with Crippen LogP contribution in [-0.2, 0) is 27.8 Å². The van der Waals surface area contributed by atoms with Crippen LogP contribution in [0.1, 0.15) is 98.3 Å². The first-order valence-electron chi connectivity index (χ1n) is 13.8. The summed E-state index contributed by atoms with van der Waals surface area (Å²) in [5.74, 6) is -1.83. The van der Waals surface area contributed by atoms with Gasteiger partial charge in [-0.2, -0.15) is 21.6 Å². The minimum Gasteiger partial charge on any atom is -0.446 e. The second-order valence-corrected chi connectivity index (χ2v) is 11.8. The van der Waals surface area contributed by atoms with E-state index in [1.165, 1.54) is 37.7 Å². The topological polar surface area (TPSA) is 122 Å². The highest BCUT2D eigenvalue weighted by atomic mass is 32.2. The second kappa shape index (κ2) is 14.8. The molecule has 1 atom stereocenters. The van der Waals surface area contributed by atoms with E-state index in [0.29, 0.717) is 36.5 Å². The Morgan fingerprint density at radius 3 is 2.59 bits per heavy atom. The molecule has 2 heterocycles. The van der Waals surface area contributed by atoms with Gasteiger partial charge in [-0.1, -0.05) is 45.1 Å². The van der Waals surface area contributed by atoms with E-state index < -0.39 is 33.7 Å². The number of amides is 2. The van der Waals surface area contributed by atoms with Gasteiger partial charge in [0.15, 0.2) is 5.69 Å². The van der Waals surface area contributed by atoms with Gasteiger partial charge in [-0.3, -0.25) is 14.5 Å². The van der Waals surface area contributed by atoms with E-state index in [0.717, 1.165) is 36.5 Å². The molecule has 9 nitrogen and oxygen atoms in total. The van der Waals surface area contributed by atoms with Crippen molar-refractivity contribution in [3.05, 3.63) is 53.0 Å². The quantitative estimate of drug-likeness (QED) is 0.213. The van der Waals surface area contributed by atoms with Crippen molar-refractivity contribution in [3.8, 4) is 0 Å². The highest BCUT2D eigenvalue weighted by Gasteiger charge is 2.46. The Hall–Kier alpha value is -3.00. The fourth-order valence-electron chi connectivity index (χ4n) is 4.75. The molecule has 0 saturated carbocycles. The number of nitrogens with one attached hydrogen (secondary N) is 2. The van der Waals surface area contributed by atoms with Crippen molar-refractivity contribution in [2.75, 3.05) is 13.1 Å². The molecule has 1 unspecified atom stereocenters. The first-order chi connectivity index (χ1) is 19.4. The Labute approximate surface area is 237 Å². The van der Waals surface area contributed by atoms with Gasteiger partial charge in [-0.25, -0.2) is 14.1 Å². The van der Waals surface area contributed by atoms with Crippen LogP contribution in [0.5, 0.6) is 0 Å². The third-order valence-corrected chi connectivity index (χ3v) is 8.04. The van der Waals surface area contributed by atoms with Crippen LogP contribution < -0.4 is 10.0 Å². The molecule has 1 aromatic heterocycles. The zero-order chi connectivity index (χ0) is 30.0. The van der Waals surface area contributed by atoms with E-state index in [-0.39, 0.29) is 30.6 Å². The molecule has 2 aromatic rings. The Kier molecular flexibility index (Phi) is 11.7. The van der Waals surface area contributed by atoms with Gasteiger partial charge < -0.3 is 9.73 Å². The second-order valence-electron chi connectivity index (χ2n) is 10.1. The molecule has 1 saturated heterocycles. The fourth-order valence-corrected chi connectivity index (χ4v) is 5.27. The van der Waals surface area contributed by atoms with Crippen molar-refractivity contribution in [3.63, 3.8) is 0 Å². The number of sulfonamides is 1. The van der Waals surface area contributed by atoms with E-state index >= 15 is 0 Å². The molecule has 0 spiro atoms. The van der Waals surface area contributed by atoms with Crippen LogP contribution in [-0.4, -0.2) is 48.7 Å². The van der Waals surface area contributed by atoms with Gasteiger partial charge in [-0.05, 0) is 55.5 Å². The average molecular weight is 605 g/mol. The number of halogens is 4. The number of hydrogen-bond acceptors (Lipinski definition) is 7. The lowest BCUT2D eigenvalue weighted by molar-refractivity contribution is -0.120. The van der Waals surface area contributed by atoms with E-state index in [4.69, 9.17) is 4.42 Å².